The lowest BCUT2D eigenvalue weighted by atomic mass is 9.99. The van der Waals surface area contributed by atoms with Crippen LogP contribution in [0.25, 0.3) is 0 Å². The van der Waals surface area contributed by atoms with Crippen LogP contribution in [0.15, 0.2) is 24.3 Å². The van der Waals surface area contributed by atoms with Crippen LogP contribution in [0.4, 0.5) is 0 Å². The van der Waals surface area contributed by atoms with Gasteiger partial charge in [0.05, 0.1) is 19.8 Å². The average molecular weight is 863 g/mol. The van der Waals surface area contributed by atoms with Crippen LogP contribution in [0.5, 0.6) is 0 Å². The van der Waals surface area contributed by atoms with Gasteiger partial charge in [-0.3, -0.25) is 9.35 Å². The maximum atomic E-state index is 12.8. The van der Waals surface area contributed by atoms with Gasteiger partial charge in [0, 0.05) is 13.0 Å². The van der Waals surface area contributed by atoms with Gasteiger partial charge in [-0.1, -0.05) is 173 Å². The first-order valence-electron chi connectivity index (χ1n) is 23.6. The Morgan fingerprint density at radius 1 is 0.644 bits per heavy atom. The summed E-state index contributed by atoms with van der Waals surface area (Å²) in [5.74, 6) is -0.401. The molecule has 348 valence electrons. The van der Waals surface area contributed by atoms with Crippen molar-refractivity contribution >= 4 is 16.4 Å². The van der Waals surface area contributed by atoms with Gasteiger partial charge in [-0.25, -0.2) is 4.18 Å². The second kappa shape index (κ2) is 38.3. The standard InChI is InChI=1S/C46H86O12S/c1-3-5-7-9-11-13-14-15-16-17-18-19-20-21-22-23-24-25-26-27-29-31-33-35-42(48)56-40(38-54-36-34-32-30-28-12-10-8-6-4-2)39-55-46-44(50)45(58-59(51,52)53)43(49)41(37-47)57-46/h14-15,17-18,40-41,43-47,49-50H,3-13,16,19-39H2,1-2H3,(H,51,52,53)/b15-14-,18-17-. The number of hydrogen-bond acceptors (Lipinski definition) is 11. The third kappa shape index (κ3) is 32.0. The third-order valence-electron chi connectivity index (χ3n) is 10.8. The minimum Gasteiger partial charge on any atom is -0.457 e. The van der Waals surface area contributed by atoms with Crippen molar-refractivity contribution < 1.29 is 56.2 Å². The van der Waals surface area contributed by atoms with E-state index in [1.54, 1.807) is 0 Å². The fourth-order valence-electron chi connectivity index (χ4n) is 7.23. The zero-order valence-corrected chi connectivity index (χ0v) is 37.9. The van der Waals surface area contributed by atoms with Crippen LogP contribution in [0.2, 0.25) is 0 Å². The number of aliphatic hydroxyl groups is 3. The van der Waals surface area contributed by atoms with Crippen molar-refractivity contribution in [2.24, 2.45) is 0 Å². The molecule has 6 atom stereocenters. The molecule has 0 aliphatic carbocycles. The van der Waals surface area contributed by atoms with Gasteiger partial charge in [-0.2, -0.15) is 8.42 Å². The third-order valence-corrected chi connectivity index (χ3v) is 11.3. The largest absolute Gasteiger partial charge is 0.457 e. The highest BCUT2D eigenvalue weighted by Gasteiger charge is 2.48. The Morgan fingerprint density at radius 2 is 1.12 bits per heavy atom. The SMILES string of the molecule is CCCCCCC/C=C\C/C=C\CCCCCCCCCCCCCC(=O)OC(COCCCCCCCCCCC)COC1OC(CO)C(O)C(OS(=O)(=O)O)C1O. The molecule has 0 amide bonds. The van der Waals surface area contributed by atoms with Crippen LogP contribution in [0.3, 0.4) is 0 Å². The Bertz CT molecular complexity index is 1130. The molecular weight excluding hydrogens is 777 g/mol. The van der Waals surface area contributed by atoms with Crippen molar-refractivity contribution in [1.82, 2.24) is 0 Å². The fourth-order valence-corrected chi connectivity index (χ4v) is 7.74. The molecule has 0 spiro atoms. The minimum atomic E-state index is -5.06. The molecule has 0 saturated carbocycles. The molecule has 0 radical (unpaired) electrons. The Labute approximate surface area is 359 Å². The zero-order valence-electron chi connectivity index (χ0n) is 37.1. The number of ether oxygens (including phenoxy) is 4. The van der Waals surface area contributed by atoms with E-state index in [-0.39, 0.29) is 19.6 Å². The fraction of sp³-hybridized carbons (Fsp3) is 0.891. The van der Waals surface area contributed by atoms with Gasteiger partial charge in [0.15, 0.2) is 6.29 Å². The predicted molar refractivity (Wildman–Crippen MR) is 234 cm³/mol. The van der Waals surface area contributed by atoms with Gasteiger partial charge in [0.1, 0.15) is 30.5 Å². The number of carbonyl (C=O) groups is 1. The summed E-state index contributed by atoms with van der Waals surface area (Å²) in [5.41, 5.74) is 0. The van der Waals surface area contributed by atoms with Crippen LogP contribution in [-0.4, -0.2) is 97.5 Å². The van der Waals surface area contributed by atoms with Crippen LogP contribution < -0.4 is 0 Å². The summed E-state index contributed by atoms with van der Waals surface area (Å²) >= 11 is 0. The van der Waals surface area contributed by atoms with Gasteiger partial charge >= 0.3 is 16.4 Å². The lowest BCUT2D eigenvalue weighted by Crippen LogP contribution is -2.60. The minimum absolute atomic E-state index is 0.0385. The molecule has 0 aromatic carbocycles. The van der Waals surface area contributed by atoms with Crippen LogP contribution in [0.1, 0.15) is 200 Å². The van der Waals surface area contributed by atoms with E-state index in [1.807, 2.05) is 0 Å². The monoisotopic (exact) mass is 863 g/mol. The molecule has 0 bridgehead atoms. The first-order valence-corrected chi connectivity index (χ1v) is 25.0. The van der Waals surface area contributed by atoms with Gasteiger partial charge < -0.3 is 34.3 Å². The van der Waals surface area contributed by atoms with Crippen molar-refractivity contribution in [3.63, 3.8) is 0 Å². The van der Waals surface area contributed by atoms with Crippen LogP contribution >= 0.6 is 0 Å². The summed E-state index contributed by atoms with van der Waals surface area (Å²) in [6.07, 6.45) is 33.7. The molecule has 6 unspecified atom stereocenters. The van der Waals surface area contributed by atoms with Crippen LogP contribution in [0, 0.1) is 0 Å². The first-order chi connectivity index (χ1) is 28.6. The molecule has 1 heterocycles. The van der Waals surface area contributed by atoms with Crippen molar-refractivity contribution in [3.8, 4) is 0 Å². The Balaban J connectivity index is 2.32. The molecule has 1 aliphatic rings. The highest BCUT2D eigenvalue weighted by Crippen LogP contribution is 2.26. The number of rotatable bonds is 41. The topological polar surface area (TPSA) is 178 Å². The van der Waals surface area contributed by atoms with Gasteiger partial charge in [-0.15, -0.1) is 0 Å². The average Bonchev–Trinajstić information content (AvgIpc) is 3.20. The van der Waals surface area contributed by atoms with Gasteiger partial charge in [0.25, 0.3) is 0 Å². The molecule has 12 nitrogen and oxygen atoms in total. The zero-order chi connectivity index (χ0) is 43.2. The molecule has 1 fully saturated rings. The smallest absolute Gasteiger partial charge is 0.397 e. The predicted octanol–water partition coefficient (Wildman–Crippen LogP) is 10.0. The van der Waals surface area contributed by atoms with Crippen molar-refractivity contribution in [3.05, 3.63) is 24.3 Å². The molecule has 1 rings (SSSR count). The normalized spacial score (nSPS) is 20.5. The quantitative estimate of drug-likeness (QED) is 0.0198. The Hall–Kier alpha value is -1.42. The van der Waals surface area contributed by atoms with E-state index in [0.717, 1.165) is 44.9 Å². The van der Waals surface area contributed by atoms with E-state index in [9.17, 15) is 28.5 Å². The van der Waals surface area contributed by atoms with Gasteiger partial charge in [-0.05, 0) is 44.9 Å². The summed E-state index contributed by atoms with van der Waals surface area (Å²) in [4.78, 5) is 12.8. The lowest BCUT2D eigenvalue weighted by Gasteiger charge is -2.41. The van der Waals surface area contributed by atoms with Crippen molar-refractivity contribution in [1.29, 1.82) is 0 Å². The van der Waals surface area contributed by atoms with Crippen LogP contribution in [-0.2, 0) is 38.3 Å². The molecule has 59 heavy (non-hydrogen) atoms. The molecule has 1 saturated heterocycles. The number of allylic oxidation sites excluding steroid dienone is 4. The molecule has 1 aliphatic heterocycles. The number of unbranched alkanes of at least 4 members (excludes halogenated alkanes) is 24. The van der Waals surface area contributed by atoms with E-state index >= 15 is 0 Å². The molecule has 0 aromatic rings. The van der Waals surface area contributed by atoms with E-state index < -0.39 is 59.8 Å². The second-order valence-electron chi connectivity index (χ2n) is 16.4. The lowest BCUT2D eigenvalue weighted by molar-refractivity contribution is -0.301. The van der Waals surface area contributed by atoms with Gasteiger partial charge in [0.2, 0.25) is 0 Å². The number of aliphatic hydroxyl groups excluding tert-OH is 3. The summed E-state index contributed by atoms with van der Waals surface area (Å²) in [6.45, 7) is 3.97. The highest BCUT2D eigenvalue weighted by atomic mass is 32.3. The number of carbonyl (C=O) groups excluding carboxylic acids is 1. The van der Waals surface area contributed by atoms with E-state index in [1.165, 1.54) is 128 Å². The summed E-state index contributed by atoms with van der Waals surface area (Å²) in [6, 6.07) is 0. The van der Waals surface area contributed by atoms with E-state index in [0.29, 0.717) is 13.0 Å². The Morgan fingerprint density at radius 3 is 1.61 bits per heavy atom. The number of hydrogen-bond donors (Lipinski definition) is 4. The molecule has 4 N–H and O–H groups in total. The summed E-state index contributed by atoms with van der Waals surface area (Å²) < 4.78 is 59.0. The van der Waals surface area contributed by atoms with Crippen molar-refractivity contribution in [2.75, 3.05) is 26.4 Å². The summed E-state index contributed by atoms with van der Waals surface area (Å²) in [5, 5.41) is 30.6. The Kier molecular flexibility index (Phi) is 36.1. The summed E-state index contributed by atoms with van der Waals surface area (Å²) in [7, 11) is -5.06. The van der Waals surface area contributed by atoms with E-state index in [2.05, 4.69) is 42.3 Å². The van der Waals surface area contributed by atoms with E-state index in [4.69, 9.17) is 23.5 Å². The molecule has 0 aromatic heterocycles. The highest BCUT2D eigenvalue weighted by molar-refractivity contribution is 7.80. The second-order valence-corrected chi connectivity index (χ2v) is 17.4. The first kappa shape index (κ1) is 55.6. The maximum absolute atomic E-state index is 12.8. The molecule has 13 heteroatoms. The maximum Gasteiger partial charge on any atom is 0.397 e. The number of esters is 1. The molecular formula is C46H86O12S. The van der Waals surface area contributed by atoms with Crippen molar-refractivity contribution in [2.45, 2.75) is 237 Å².